The first kappa shape index (κ1) is 13.4. The van der Waals surface area contributed by atoms with Gasteiger partial charge in [-0.15, -0.1) is 5.10 Å². The topological polar surface area (TPSA) is 66.8 Å². The zero-order chi connectivity index (χ0) is 14.9. The van der Waals surface area contributed by atoms with Gasteiger partial charge in [0.05, 0.1) is 5.69 Å². The number of hydrogen-bond acceptors (Lipinski definition) is 6. The molecule has 2 aromatic heterocycles. The molecule has 1 aliphatic heterocycles. The molecular formula is C16H20N6. The molecule has 1 saturated carbocycles. The van der Waals surface area contributed by atoms with E-state index >= 15 is 0 Å². The van der Waals surface area contributed by atoms with E-state index in [1.165, 1.54) is 12.8 Å². The highest BCUT2D eigenvalue weighted by Gasteiger charge is 2.29. The van der Waals surface area contributed by atoms with Crippen LogP contribution >= 0.6 is 0 Å². The van der Waals surface area contributed by atoms with Gasteiger partial charge in [-0.3, -0.25) is 0 Å². The normalized spacial score (nSPS) is 18.1. The van der Waals surface area contributed by atoms with Crippen LogP contribution in [-0.4, -0.2) is 39.8 Å². The first-order valence-electron chi connectivity index (χ1n) is 7.90. The van der Waals surface area contributed by atoms with Gasteiger partial charge < -0.3 is 10.2 Å². The van der Waals surface area contributed by atoms with Crippen molar-refractivity contribution in [3.63, 3.8) is 0 Å². The van der Waals surface area contributed by atoms with Crippen molar-refractivity contribution >= 4 is 11.8 Å². The van der Waals surface area contributed by atoms with E-state index in [4.69, 9.17) is 0 Å². The van der Waals surface area contributed by atoms with Crippen molar-refractivity contribution in [3.8, 4) is 0 Å². The van der Waals surface area contributed by atoms with Crippen LogP contribution in [0.2, 0.25) is 0 Å². The average molecular weight is 296 g/mol. The summed E-state index contributed by atoms with van der Waals surface area (Å²) in [6, 6.07) is 6.14. The minimum absolute atomic E-state index is 0.606. The largest absolute Gasteiger partial charge is 0.354 e. The Labute approximate surface area is 130 Å². The molecule has 1 aliphatic carbocycles. The highest BCUT2D eigenvalue weighted by atomic mass is 15.3. The third-order valence-corrected chi connectivity index (χ3v) is 4.29. The van der Waals surface area contributed by atoms with Gasteiger partial charge in [0.1, 0.15) is 0 Å². The van der Waals surface area contributed by atoms with Crippen LogP contribution in [-0.2, 0) is 0 Å². The molecule has 1 saturated heterocycles. The summed E-state index contributed by atoms with van der Waals surface area (Å²) in [4.78, 5) is 10.8. The lowest BCUT2D eigenvalue weighted by molar-refractivity contribution is 0.424. The molecule has 1 N–H and O–H groups in total. The molecule has 6 nitrogen and oxygen atoms in total. The van der Waals surface area contributed by atoms with Gasteiger partial charge in [-0.05, 0) is 38.0 Å². The van der Waals surface area contributed by atoms with E-state index in [0.717, 1.165) is 36.8 Å². The third kappa shape index (κ3) is 2.86. The fraction of sp³-hybridized carbons (Fsp3) is 0.500. The molecule has 0 radical (unpaired) electrons. The van der Waals surface area contributed by atoms with Crippen LogP contribution in [0.3, 0.4) is 0 Å². The Balaban J connectivity index is 1.26. The molecule has 22 heavy (non-hydrogen) atoms. The molecule has 2 aromatic rings. The predicted molar refractivity (Wildman–Crippen MR) is 85.0 cm³/mol. The van der Waals surface area contributed by atoms with Crippen LogP contribution in [0.25, 0.3) is 0 Å². The van der Waals surface area contributed by atoms with Crippen molar-refractivity contribution in [3.05, 3.63) is 35.8 Å². The van der Waals surface area contributed by atoms with E-state index in [9.17, 15) is 0 Å². The molecule has 0 amide bonds. The standard InChI is InChI=1S/C16H20N6/c1-11-6-7-17-16(19-11)18-8-12-9-22(10-12)15-5-4-14(20-21-15)13-2-3-13/h4-7,12-13H,2-3,8-10H2,1H3,(H,17,18,19). The molecule has 6 heteroatoms. The Morgan fingerprint density at radius 3 is 2.73 bits per heavy atom. The van der Waals surface area contributed by atoms with Gasteiger partial charge in [-0.2, -0.15) is 5.10 Å². The number of nitrogens with one attached hydrogen (secondary N) is 1. The first-order chi connectivity index (χ1) is 10.8. The smallest absolute Gasteiger partial charge is 0.222 e. The summed E-state index contributed by atoms with van der Waals surface area (Å²) in [6.07, 6.45) is 4.33. The van der Waals surface area contributed by atoms with Crippen LogP contribution < -0.4 is 10.2 Å². The van der Waals surface area contributed by atoms with Crippen molar-refractivity contribution in [2.45, 2.75) is 25.7 Å². The van der Waals surface area contributed by atoms with Crippen LogP contribution in [0, 0.1) is 12.8 Å². The Kier molecular flexibility index (Phi) is 3.36. The molecule has 2 fully saturated rings. The van der Waals surface area contributed by atoms with E-state index in [0.29, 0.717) is 17.8 Å². The maximum absolute atomic E-state index is 4.36. The SMILES string of the molecule is Cc1ccnc(NCC2CN(c3ccc(C4CC4)nn3)C2)n1. The summed E-state index contributed by atoms with van der Waals surface area (Å²) in [5.41, 5.74) is 2.14. The molecule has 3 heterocycles. The zero-order valence-corrected chi connectivity index (χ0v) is 12.7. The lowest BCUT2D eigenvalue weighted by Crippen LogP contribution is -2.50. The Morgan fingerprint density at radius 1 is 1.18 bits per heavy atom. The Morgan fingerprint density at radius 2 is 2.05 bits per heavy atom. The summed E-state index contributed by atoms with van der Waals surface area (Å²) in [5.74, 6) is 2.98. The second-order valence-corrected chi connectivity index (χ2v) is 6.26. The lowest BCUT2D eigenvalue weighted by Gasteiger charge is -2.39. The second-order valence-electron chi connectivity index (χ2n) is 6.26. The number of rotatable bonds is 5. The van der Waals surface area contributed by atoms with Crippen molar-refractivity contribution in [2.24, 2.45) is 5.92 Å². The highest BCUT2D eigenvalue weighted by molar-refractivity contribution is 5.41. The maximum Gasteiger partial charge on any atom is 0.222 e. The van der Waals surface area contributed by atoms with E-state index < -0.39 is 0 Å². The second kappa shape index (κ2) is 5.51. The van der Waals surface area contributed by atoms with Crippen LogP contribution in [0.15, 0.2) is 24.4 Å². The summed E-state index contributed by atoms with van der Waals surface area (Å²) < 4.78 is 0. The zero-order valence-electron chi connectivity index (χ0n) is 12.7. The number of nitrogens with zero attached hydrogens (tertiary/aromatic N) is 5. The molecule has 2 aliphatic rings. The summed E-state index contributed by atoms with van der Waals surface area (Å²) >= 11 is 0. The highest BCUT2D eigenvalue weighted by Crippen LogP contribution is 2.38. The Hall–Kier alpha value is -2.24. The molecule has 114 valence electrons. The van der Waals surface area contributed by atoms with Crippen LogP contribution in [0.5, 0.6) is 0 Å². The van der Waals surface area contributed by atoms with Gasteiger partial charge in [0.25, 0.3) is 0 Å². The Bertz CT molecular complexity index is 646. The molecule has 0 aromatic carbocycles. The maximum atomic E-state index is 4.36. The molecular weight excluding hydrogens is 276 g/mol. The molecule has 0 bridgehead atoms. The summed E-state index contributed by atoms with van der Waals surface area (Å²) in [6.45, 7) is 4.89. The lowest BCUT2D eigenvalue weighted by atomic mass is 10.0. The molecule has 0 spiro atoms. The van der Waals surface area contributed by atoms with Crippen molar-refractivity contribution in [1.82, 2.24) is 20.2 Å². The monoisotopic (exact) mass is 296 g/mol. The quantitative estimate of drug-likeness (QED) is 0.910. The van der Waals surface area contributed by atoms with Crippen LogP contribution in [0.1, 0.15) is 30.1 Å². The summed E-state index contributed by atoms with van der Waals surface area (Å²) in [5, 5.41) is 12.0. The molecule has 0 unspecified atom stereocenters. The van der Waals surface area contributed by atoms with Crippen LogP contribution in [0.4, 0.5) is 11.8 Å². The summed E-state index contributed by atoms with van der Waals surface area (Å²) in [7, 11) is 0. The first-order valence-corrected chi connectivity index (χ1v) is 7.90. The predicted octanol–water partition coefficient (Wildman–Crippen LogP) is 2.00. The third-order valence-electron chi connectivity index (χ3n) is 4.29. The number of aryl methyl sites for hydroxylation is 1. The number of anilines is 2. The van der Waals surface area contributed by atoms with E-state index in [-0.39, 0.29) is 0 Å². The van der Waals surface area contributed by atoms with Crippen molar-refractivity contribution < 1.29 is 0 Å². The minimum Gasteiger partial charge on any atom is -0.354 e. The van der Waals surface area contributed by atoms with Crippen molar-refractivity contribution in [1.29, 1.82) is 0 Å². The molecule has 4 rings (SSSR count). The van der Waals surface area contributed by atoms with Gasteiger partial charge >= 0.3 is 0 Å². The van der Waals surface area contributed by atoms with E-state index in [2.05, 4.69) is 42.5 Å². The van der Waals surface area contributed by atoms with Gasteiger partial charge in [-0.1, -0.05) is 0 Å². The number of aromatic nitrogens is 4. The van der Waals surface area contributed by atoms with Gasteiger partial charge in [0.2, 0.25) is 5.95 Å². The minimum atomic E-state index is 0.606. The van der Waals surface area contributed by atoms with Crippen molar-refractivity contribution in [2.75, 3.05) is 29.9 Å². The van der Waals surface area contributed by atoms with Gasteiger partial charge in [-0.25, -0.2) is 9.97 Å². The average Bonchev–Trinajstić information content (AvgIpc) is 3.31. The van der Waals surface area contributed by atoms with Gasteiger partial charge in [0, 0.05) is 43.4 Å². The fourth-order valence-electron chi connectivity index (χ4n) is 2.76. The number of hydrogen-bond donors (Lipinski definition) is 1. The van der Waals surface area contributed by atoms with E-state index in [1.54, 1.807) is 6.20 Å². The van der Waals surface area contributed by atoms with Gasteiger partial charge in [0.15, 0.2) is 5.82 Å². The van der Waals surface area contributed by atoms with E-state index in [1.807, 2.05) is 13.0 Å². The molecule has 0 atom stereocenters. The fourth-order valence-corrected chi connectivity index (χ4v) is 2.76.